The van der Waals surface area contributed by atoms with E-state index in [0.29, 0.717) is 12.1 Å². The van der Waals surface area contributed by atoms with E-state index in [1.54, 1.807) is 12.1 Å². The van der Waals surface area contributed by atoms with Gasteiger partial charge in [0, 0.05) is 36.9 Å². The van der Waals surface area contributed by atoms with Gasteiger partial charge in [0.05, 0.1) is 17.0 Å². The number of primary amides is 1. The molecule has 1 fully saturated rings. The van der Waals surface area contributed by atoms with E-state index < -0.39 is 11.5 Å². The van der Waals surface area contributed by atoms with Gasteiger partial charge in [0.1, 0.15) is 0 Å². The molecule has 6 nitrogen and oxygen atoms in total. The summed E-state index contributed by atoms with van der Waals surface area (Å²) in [6.45, 7) is 6.18. The number of hydrogen-bond donors (Lipinski definition) is 3. The number of likely N-dealkylation sites (tertiary alicyclic amines) is 1. The Labute approximate surface area is 166 Å². The maximum atomic E-state index is 11.4. The lowest BCUT2D eigenvalue weighted by atomic mass is 9.99. The van der Waals surface area contributed by atoms with Crippen LogP contribution in [-0.4, -0.2) is 47.2 Å². The Hall–Kier alpha value is -2.57. The molecule has 0 spiro atoms. The largest absolute Gasteiger partial charge is 0.397 e. The molecular formula is C22H30N4O2. The number of piperidine rings is 1. The van der Waals surface area contributed by atoms with Gasteiger partial charge < -0.3 is 26.4 Å². The second-order valence-electron chi connectivity index (χ2n) is 8.16. The first-order chi connectivity index (χ1) is 13.2. The molecule has 2 aromatic carbocycles. The lowest BCUT2D eigenvalue weighted by Crippen LogP contribution is -2.47. The number of anilines is 3. The molecule has 5 N–H and O–H groups in total. The number of nitrogens with two attached hydrogens (primary N) is 2. The molecule has 1 aliphatic rings. The minimum Gasteiger partial charge on any atom is -0.397 e. The van der Waals surface area contributed by atoms with Crippen LogP contribution >= 0.6 is 0 Å². The van der Waals surface area contributed by atoms with Crippen molar-refractivity contribution < 1.29 is 9.90 Å². The molecule has 0 atom stereocenters. The van der Waals surface area contributed by atoms with E-state index in [0.717, 1.165) is 43.0 Å². The van der Waals surface area contributed by atoms with Crippen LogP contribution in [0.15, 0.2) is 48.5 Å². The lowest BCUT2D eigenvalue weighted by Gasteiger charge is -2.41. The Balaban J connectivity index is 1.86. The quantitative estimate of drug-likeness (QED) is 0.668. The highest BCUT2D eigenvalue weighted by atomic mass is 16.3. The van der Waals surface area contributed by atoms with Gasteiger partial charge in [0.2, 0.25) is 5.91 Å². The van der Waals surface area contributed by atoms with E-state index in [2.05, 4.69) is 9.80 Å². The standard InChI is InChI=1S/C22H30N4O2/c1-22(2,28)15-25-13-11-18(12-14-25)26(20-6-4-3-5-19(20)23)17-9-7-16(8-10-17)21(24)27/h3-10,18,28H,11-15,23H2,1-2H3,(H2,24,27). The average molecular weight is 383 g/mol. The van der Waals surface area contributed by atoms with Crippen molar-refractivity contribution in [3.8, 4) is 0 Å². The van der Waals surface area contributed by atoms with Crippen LogP contribution in [0.4, 0.5) is 17.1 Å². The fourth-order valence-electron chi connectivity index (χ4n) is 3.92. The van der Waals surface area contributed by atoms with Crippen molar-refractivity contribution in [3.63, 3.8) is 0 Å². The SMILES string of the molecule is CC(C)(O)CN1CCC(N(c2ccc(C(N)=O)cc2)c2ccccc2N)CC1. The highest BCUT2D eigenvalue weighted by molar-refractivity contribution is 5.93. The van der Waals surface area contributed by atoms with Gasteiger partial charge in [0.25, 0.3) is 0 Å². The maximum Gasteiger partial charge on any atom is 0.248 e. The number of nitrogen functional groups attached to an aromatic ring is 1. The molecule has 0 aliphatic carbocycles. The van der Waals surface area contributed by atoms with Crippen LogP contribution in [0.25, 0.3) is 0 Å². The molecule has 1 heterocycles. The first-order valence-corrected chi connectivity index (χ1v) is 9.73. The first kappa shape index (κ1) is 20.2. The molecule has 0 aromatic heterocycles. The van der Waals surface area contributed by atoms with E-state index in [1.165, 1.54) is 0 Å². The second-order valence-corrected chi connectivity index (χ2v) is 8.16. The summed E-state index contributed by atoms with van der Waals surface area (Å²) in [5.74, 6) is -0.433. The van der Waals surface area contributed by atoms with Crippen molar-refractivity contribution in [1.82, 2.24) is 4.90 Å². The number of nitrogens with zero attached hydrogens (tertiary/aromatic N) is 2. The Kier molecular flexibility index (Phi) is 5.91. The molecule has 1 aliphatic heterocycles. The van der Waals surface area contributed by atoms with Crippen LogP contribution in [-0.2, 0) is 0 Å². The van der Waals surface area contributed by atoms with Gasteiger partial charge in [-0.1, -0.05) is 12.1 Å². The normalized spacial score (nSPS) is 16.1. The molecule has 2 aromatic rings. The van der Waals surface area contributed by atoms with E-state index in [4.69, 9.17) is 11.5 Å². The summed E-state index contributed by atoms with van der Waals surface area (Å²) in [5.41, 5.74) is 14.2. The number of aliphatic hydroxyl groups is 1. The van der Waals surface area contributed by atoms with Gasteiger partial charge >= 0.3 is 0 Å². The number of hydrogen-bond acceptors (Lipinski definition) is 5. The number of benzene rings is 2. The number of carbonyl (C=O) groups excluding carboxylic acids is 1. The zero-order chi connectivity index (χ0) is 20.3. The number of para-hydroxylation sites is 2. The predicted molar refractivity (Wildman–Crippen MR) is 114 cm³/mol. The Morgan fingerprint density at radius 3 is 2.29 bits per heavy atom. The molecule has 1 saturated heterocycles. The van der Waals surface area contributed by atoms with Crippen LogP contribution in [0.2, 0.25) is 0 Å². The molecule has 150 valence electrons. The third-order valence-electron chi connectivity index (χ3n) is 5.16. The predicted octanol–water partition coefficient (Wildman–Crippen LogP) is 2.74. The average Bonchev–Trinajstić information content (AvgIpc) is 2.64. The van der Waals surface area contributed by atoms with Crippen LogP contribution in [0.5, 0.6) is 0 Å². The van der Waals surface area contributed by atoms with Crippen molar-refractivity contribution >= 4 is 23.0 Å². The molecular weight excluding hydrogens is 352 g/mol. The van der Waals surface area contributed by atoms with E-state index in [-0.39, 0.29) is 6.04 Å². The first-order valence-electron chi connectivity index (χ1n) is 9.73. The molecule has 0 radical (unpaired) electrons. The fourth-order valence-corrected chi connectivity index (χ4v) is 3.92. The minimum absolute atomic E-state index is 0.280. The van der Waals surface area contributed by atoms with Crippen molar-refractivity contribution in [2.45, 2.75) is 38.3 Å². The maximum absolute atomic E-state index is 11.4. The van der Waals surface area contributed by atoms with Gasteiger partial charge in [-0.15, -0.1) is 0 Å². The second kappa shape index (κ2) is 8.20. The van der Waals surface area contributed by atoms with Gasteiger partial charge in [0.15, 0.2) is 0 Å². The minimum atomic E-state index is -0.693. The van der Waals surface area contributed by atoms with E-state index >= 15 is 0 Å². The smallest absolute Gasteiger partial charge is 0.248 e. The zero-order valence-electron chi connectivity index (χ0n) is 16.6. The highest BCUT2D eigenvalue weighted by Crippen LogP contribution is 2.35. The topological polar surface area (TPSA) is 95.8 Å². The molecule has 6 heteroatoms. The molecule has 0 bridgehead atoms. The van der Waals surface area contributed by atoms with Crippen molar-refractivity contribution in [2.75, 3.05) is 30.3 Å². The summed E-state index contributed by atoms with van der Waals surface area (Å²) >= 11 is 0. The molecule has 0 saturated carbocycles. The summed E-state index contributed by atoms with van der Waals surface area (Å²) in [5, 5.41) is 10.1. The van der Waals surface area contributed by atoms with Crippen LogP contribution in [0.3, 0.4) is 0 Å². The number of amides is 1. The Morgan fingerprint density at radius 2 is 1.75 bits per heavy atom. The van der Waals surface area contributed by atoms with Gasteiger partial charge in [-0.2, -0.15) is 0 Å². The van der Waals surface area contributed by atoms with Crippen LogP contribution < -0.4 is 16.4 Å². The Bertz CT molecular complexity index is 806. The Morgan fingerprint density at radius 1 is 1.14 bits per heavy atom. The summed E-state index contributed by atoms with van der Waals surface area (Å²) < 4.78 is 0. The van der Waals surface area contributed by atoms with E-state index in [9.17, 15) is 9.90 Å². The summed E-state index contributed by atoms with van der Waals surface area (Å²) in [7, 11) is 0. The molecule has 1 amide bonds. The van der Waals surface area contributed by atoms with Gasteiger partial charge in [-0.05, 0) is 63.1 Å². The zero-order valence-corrected chi connectivity index (χ0v) is 16.6. The van der Waals surface area contributed by atoms with Crippen molar-refractivity contribution in [3.05, 3.63) is 54.1 Å². The molecule has 3 rings (SSSR count). The fraction of sp³-hybridized carbons (Fsp3) is 0.409. The molecule has 0 unspecified atom stereocenters. The van der Waals surface area contributed by atoms with Crippen molar-refractivity contribution in [1.29, 1.82) is 0 Å². The third-order valence-corrected chi connectivity index (χ3v) is 5.16. The summed E-state index contributed by atoms with van der Waals surface area (Å²) in [4.78, 5) is 16.0. The number of β-amino-alcohol motifs (C(OH)–C–C–N with tert-alkyl or cyclic N) is 1. The lowest BCUT2D eigenvalue weighted by molar-refractivity contribution is 0.0284. The number of carbonyl (C=O) groups is 1. The van der Waals surface area contributed by atoms with Crippen LogP contribution in [0.1, 0.15) is 37.0 Å². The third kappa shape index (κ3) is 4.82. The van der Waals surface area contributed by atoms with Crippen LogP contribution in [0, 0.1) is 0 Å². The highest BCUT2D eigenvalue weighted by Gasteiger charge is 2.29. The summed E-state index contributed by atoms with van der Waals surface area (Å²) in [6, 6.07) is 15.5. The monoisotopic (exact) mass is 382 g/mol. The van der Waals surface area contributed by atoms with Gasteiger partial charge in [-0.3, -0.25) is 4.79 Å². The van der Waals surface area contributed by atoms with Crippen molar-refractivity contribution in [2.24, 2.45) is 5.73 Å². The van der Waals surface area contributed by atoms with Gasteiger partial charge in [-0.25, -0.2) is 0 Å². The number of rotatable bonds is 6. The summed E-state index contributed by atoms with van der Waals surface area (Å²) in [6.07, 6.45) is 1.92. The van der Waals surface area contributed by atoms with E-state index in [1.807, 2.05) is 50.2 Å². The molecule has 28 heavy (non-hydrogen) atoms.